The van der Waals surface area contributed by atoms with Gasteiger partial charge in [0, 0.05) is 17.2 Å². The number of hydrogen-bond acceptors (Lipinski definition) is 3. The predicted octanol–water partition coefficient (Wildman–Crippen LogP) is 1.07. The summed E-state index contributed by atoms with van der Waals surface area (Å²) in [5.74, 6) is -0.333. The molecule has 1 heterocycles. The molecule has 1 saturated heterocycles. The van der Waals surface area contributed by atoms with Crippen molar-refractivity contribution in [2.75, 3.05) is 25.5 Å². The van der Waals surface area contributed by atoms with Crippen molar-refractivity contribution >= 4 is 17.5 Å². The molecule has 2 rings (SSSR count). The highest BCUT2D eigenvalue weighted by Crippen LogP contribution is 2.18. The molecule has 1 aliphatic heterocycles. The van der Waals surface area contributed by atoms with Crippen molar-refractivity contribution in [2.45, 2.75) is 12.8 Å². The van der Waals surface area contributed by atoms with Crippen LogP contribution in [0.2, 0.25) is 0 Å². The van der Waals surface area contributed by atoms with Crippen LogP contribution in [0.4, 0.5) is 5.69 Å². The second-order valence-corrected chi connectivity index (χ2v) is 5.01. The number of rotatable bonds is 3. The topological polar surface area (TPSA) is 75.4 Å². The number of nitrogens with one attached hydrogen (secondary N) is 1. The number of piperidine rings is 1. The first-order valence-corrected chi connectivity index (χ1v) is 6.45. The van der Waals surface area contributed by atoms with Crippen LogP contribution in [0.5, 0.6) is 0 Å². The van der Waals surface area contributed by atoms with Crippen molar-refractivity contribution in [1.29, 1.82) is 0 Å². The Morgan fingerprint density at radius 3 is 2.32 bits per heavy atom. The van der Waals surface area contributed by atoms with E-state index in [2.05, 4.69) is 17.3 Å². The smallest absolute Gasteiger partial charge is 0.248 e. The van der Waals surface area contributed by atoms with Crippen LogP contribution in [0.25, 0.3) is 0 Å². The lowest BCUT2D eigenvalue weighted by Gasteiger charge is -2.28. The number of likely N-dealkylation sites (tertiary alicyclic amines) is 1. The summed E-state index contributed by atoms with van der Waals surface area (Å²) in [5.41, 5.74) is 6.31. The number of amides is 2. The molecule has 3 N–H and O–H groups in total. The van der Waals surface area contributed by atoms with Crippen molar-refractivity contribution in [2.24, 2.45) is 11.7 Å². The highest BCUT2D eigenvalue weighted by molar-refractivity contribution is 5.95. The number of anilines is 1. The Bertz CT molecular complexity index is 462. The number of carbonyl (C=O) groups is 2. The molecule has 19 heavy (non-hydrogen) atoms. The molecule has 0 bridgehead atoms. The van der Waals surface area contributed by atoms with E-state index in [-0.39, 0.29) is 11.8 Å². The van der Waals surface area contributed by atoms with Gasteiger partial charge >= 0.3 is 0 Å². The molecule has 0 radical (unpaired) electrons. The van der Waals surface area contributed by atoms with Gasteiger partial charge in [-0.25, -0.2) is 0 Å². The molecule has 1 fully saturated rings. The van der Waals surface area contributed by atoms with Crippen molar-refractivity contribution in [1.82, 2.24) is 4.90 Å². The van der Waals surface area contributed by atoms with Gasteiger partial charge in [0.1, 0.15) is 0 Å². The first-order valence-electron chi connectivity index (χ1n) is 6.45. The summed E-state index contributed by atoms with van der Waals surface area (Å²) in [7, 11) is 2.07. The lowest BCUT2D eigenvalue weighted by atomic mass is 9.96. The van der Waals surface area contributed by atoms with Crippen LogP contribution < -0.4 is 11.1 Å². The highest BCUT2D eigenvalue weighted by Gasteiger charge is 2.23. The van der Waals surface area contributed by atoms with Crippen molar-refractivity contribution < 1.29 is 9.59 Å². The van der Waals surface area contributed by atoms with E-state index in [9.17, 15) is 9.59 Å². The van der Waals surface area contributed by atoms with Gasteiger partial charge in [-0.3, -0.25) is 9.59 Å². The van der Waals surface area contributed by atoms with Crippen molar-refractivity contribution in [3.05, 3.63) is 29.8 Å². The molecule has 0 unspecified atom stereocenters. The fourth-order valence-corrected chi connectivity index (χ4v) is 2.23. The molecule has 2 amide bonds. The normalized spacial score (nSPS) is 17.1. The molecule has 5 nitrogen and oxygen atoms in total. The largest absolute Gasteiger partial charge is 0.366 e. The minimum absolute atomic E-state index is 0.0555. The van der Waals surface area contributed by atoms with Gasteiger partial charge in [0.25, 0.3) is 0 Å². The molecule has 102 valence electrons. The highest BCUT2D eigenvalue weighted by atomic mass is 16.2. The molecule has 0 spiro atoms. The average Bonchev–Trinajstić information content (AvgIpc) is 2.40. The van der Waals surface area contributed by atoms with E-state index in [4.69, 9.17) is 5.73 Å². The Hall–Kier alpha value is -1.88. The zero-order valence-electron chi connectivity index (χ0n) is 11.1. The zero-order chi connectivity index (χ0) is 13.8. The van der Waals surface area contributed by atoms with E-state index in [0.29, 0.717) is 11.3 Å². The van der Waals surface area contributed by atoms with Gasteiger partial charge in [0.05, 0.1) is 0 Å². The van der Waals surface area contributed by atoms with Gasteiger partial charge in [-0.1, -0.05) is 0 Å². The van der Waals surface area contributed by atoms with E-state index < -0.39 is 5.91 Å². The molecule has 5 heteroatoms. The second kappa shape index (κ2) is 5.84. The molecule has 1 aliphatic rings. The number of primary amides is 1. The molecule has 0 atom stereocenters. The molecular weight excluding hydrogens is 242 g/mol. The van der Waals surface area contributed by atoms with E-state index in [1.54, 1.807) is 24.3 Å². The third-order valence-corrected chi connectivity index (χ3v) is 3.53. The van der Waals surface area contributed by atoms with Gasteiger partial charge in [-0.05, 0) is 57.2 Å². The second-order valence-electron chi connectivity index (χ2n) is 5.01. The number of benzene rings is 1. The van der Waals surface area contributed by atoms with Crippen molar-refractivity contribution in [3.63, 3.8) is 0 Å². The molecule has 0 saturated carbocycles. The van der Waals surface area contributed by atoms with Crippen LogP contribution in [0.15, 0.2) is 24.3 Å². The van der Waals surface area contributed by atoms with Crippen LogP contribution in [-0.4, -0.2) is 36.9 Å². The first kappa shape index (κ1) is 13.5. The summed E-state index contributed by atoms with van der Waals surface area (Å²) in [5, 5.41) is 2.88. The predicted molar refractivity (Wildman–Crippen MR) is 73.8 cm³/mol. The minimum Gasteiger partial charge on any atom is -0.366 e. The molecular formula is C14H19N3O2. The summed E-state index contributed by atoms with van der Waals surface area (Å²) in [6.07, 6.45) is 1.78. The maximum absolute atomic E-state index is 12.1. The lowest BCUT2D eigenvalue weighted by molar-refractivity contribution is -0.121. The SMILES string of the molecule is CN1CCC(C(=O)Nc2ccc(C(N)=O)cc2)CC1. The van der Waals surface area contributed by atoms with E-state index in [1.807, 2.05) is 0 Å². The van der Waals surface area contributed by atoms with Gasteiger partial charge < -0.3 is 16.0 Å². The minimum atomic E-state index is -0.465. The lowest BCUT2D eigenvalue weighted by Crippen LogP contribution is -2.35. The van der Waals surface area contributed by atoms with E-state index in [0.717, 1.165) is 25.9 Å². The number of nitrogens with zero attached hydrogens (tertiary/aromatic N) is 1. The Kier molecular flexibility index (Phi) is 4.16. The maximum Gasteiger partial charge on any atom is 0.248 e. The molecule has 0 aromatic heterocycles. The molecule has 0 aliphatic carbocycles. The van der Waals surface area contributed by atoms with Gasteiger partial charge in [-0.2, -0.15) is 0 Å². The van der Waals surface area contributed by atoms with Crippen molar-refractivity contribution in [3.8, 4) is 0 Å². The number of carbonyl (C=O) groups excluding carboxylic acids is 2. The van der Waals surface area contributed by atoms with E-state index >= 15 is 0 Å². The summed E-state index contributed by atoms with van der Waals surface area (Å²) in [6.45, 7) is 1.91. The molecule has 1 aromatic rings. The summed E-state index contributed by atoms with van der Waals surface area (Å²) >= 11 is 0. The molecule has 1 aromatic carbocycles. The fourth-order valence-electron chi connectivity index (χ4n) is 2.23. The van der Waals surface area contributed by atoms with Crippen LogP contribution >= 0.6 is 0 Å². The monoisotopic (exact) mass is 261 g/mol. The van der Waals surface area contributed by atoms with Gasteiger partial charge in [0.2, 0.25) is 11.8 Å². The van der Waals surface area contributed by atoms with Crippen LogP contribution in [0, 0.1) is 5.92 Å². The Balaban J connectivity index is 1.93. The quantitative estimate of drug-likeness (QED) is 0.854. The summed E-state index contributed by atoms with van der Waals surface area (Å²) in [4.78, 5) is 25.2. The zero-order valence-corrected chi connectivity index (χ0v) is 11.1. The van der Waals surface area contributed by atoms with E-state index in [1.165, 1.54) is 0 Å². The average molecular weight is 261 g/mol. The first-order chi connectivity index (χ1) is 9.06. The Labute approximate surface area is 112 Å². The maximum atomic E-state index is 12.1. The van der Waals surface area contributed by atoms with Crippen LogP contribution in [-0.2, 0) is 4.79 Å². The standard InChI is InChI=1S/C14H19N3O2/c1-17-8-6-11(7-9-17)14(19)16-12-4-2-10(3-5-12)13(15)18/h2-5,11H,6-9H2,1H3,(H2,15,18)(H,16,19). The Morgan fingerprint density at radius 1 is 1.21 bits per heavy atom. The number of nitrogens with two attached hydrogens (primary N) is 1. The van der Waals surface area contributed by atoms with Gasteiger partial charge in [0.15, 0.2) is 0 Å². The summed E-state index contributed by atoms with van der Waals surface area (Å²) < 4.78 is 0. The summed E-state index contributed by atoms with van der Waals surface area (Å²) in [6, 6.07) is 6.64. The van der Waals surface area contributed by atoms with Gasteiger partial charge in [-0.15, -0.1) is 0 Å². The third kappa shape index (κ3) is 3.54. The third-order valence-electron chi connectivity index (χ3n) is 3.53. The van der Waals surface area contributed by atoms with Crippen LogP contribution in [0.3, 0.4) is 0 Å². The number of hydrogen-bond donors (Lipinski definition) is 2. The fraction of sp³-hybridized carbons (Fsp3) is 0.429. The Morgan fingerprint density at radius 2 is 1.79 bits per heavy atom. The van der Waals surface area contributed by atoms with Crippen LogP contribution in [0.1, 0.15) is 23.2 Å².